The summed E-state index contributed by atoms with van der Waals surface area (Å²) in [4.78, 5) is 26.4. The van der Waals surface area contributed by atoms with Gasteiger partial charge in [-0.15, -0.1) is 0 Å². The summed E-state index contributed by atoms with van der Waals surface area (Å²) in [6, 6.07) is 6.02. The molecular weight excluding hydrogens is 451 g/mol. The Morgan fingerprint density at radius 2 is 1.81 bits per heavy atom. The van der Waals surface area contributed by atoms with Crippen LogP contribution in [0.5, 0.6) is 0 Å². The van der Waals surface area contributed by atoms with Crippen molar-refractivity contribution in [3.8, 4) is 0 Å². The van der Waals surface area contributed by atoms with Gasteiger partial charge in [0.15, 0.2) is 5.78 Å². The Morgan fingerprint density at radius 1 is 1.15 bits per heavy atom. The molecule has 1 heterocycles. The SMILES string of the molecule is O=C(c1ccc(F)cc1F)C1CCC(=O)N(c2c(Cl)cc(Br)cc2Cl)C1. The zero-order chi connectivity index (χ0) is 19.0. The maximum absolute atomic E-state index is 13.9. The lowest BCUT2D eigenvalue weighted by Crippen LogP contribution is -2.43. The van der Waals surface area contributed by atoms with Gasteiger partial charge in [0, 0.05) is 29.4 Å². The molecule has 1 aliphatic heterocycles. The number of hydrogen-bond donors (Lipinski definition) is 0. The Balaban J connectivity index is 1.91. The lowest BCUT2D eigenvalue weighted by atomic mass is 9.89. The number of Topliss-reactive ketones (excluding diaryl/α,β-unsaturated/α-hetero) is 1. The second kappa shape index (κ2) is 7.62. The molecular formula is C18H12BrCl2F2NO2. The van der Waals surface area contributed by atoms with Gasteiger partial charge in [-0.2, -0.15) is 0 Å². The minimum absolute atomic E-state index is 0.0234. The van der Waals surface area contributed by atoms with E-state index in [0.29, 0.717) is 16.2 Å². The summed E-state index contributed by atoms with van der Waals surface area (Å²) < 4.78 is 27.7. The molecule has 136 valence electrons. The van der Waals surface area contributed by atoms with Gasteiger partial charge in [0.05, 0.1) is 21.3 Å². The first-order valence-electron chi connectivity index (χ1n) is 7.72. The highest BCUT2D eigenvalue weighted by atomic mass is 79.9. The zero-order valence-corrected chi connectivity index (χ0v) is 16.3. The molecule has 0 aliphatic carbocycles. The van der Waals surface area contributed by atoms with Gasteiger partial charge in [-0.3, -0.25) is 9.59 Å². The molecule has 0 radical (unpaired) electrons. The Labute approximate surface area is 167 Å². The van der Waals surface area contributed by atoms with E-state index in [0.717, 1.165) is 12.1 Å². The van der Waals surface area contributed by atoms with E-state index in [2.05, 4.69) is 15.9 Å². The maximum Gasteiger partial charge on any atom is 0.227 e. The molecule has 2 aromatic rings. The molecule has 1 atom stereocenters. The summed E-state index contributed by atoms with van der Waals surface area (Å²) in [5.41, 5.74) is 0.123. The van der Waals surface area contributed by atoms with Crippen molar-refractivity contribution in [2.75, 3.05) is 11.4 Å². The summed E-state index contributed by atoms with van der Waals surface area (Å²) in [7, 11) is 0. The quantitative estimate of drug-likeness (QED) is 0.552. The van der Waals surface area contributed by atoms with Crippen molar-refractivity contribution < 1.29 is 18.4 Å². The maximum atomic E-state index is 13.9. The van der Waals surface area contributed by atoms with E-state index in [9.17, 15) is 18.4 Å². The molecule has 1 fully saturated rings. The molecule has 1 unspecified atom stereocenters. The Morgan fingerprint density at radius 3 is 2.42 bits per heavy atom. The van der Waals surface area contributed by atoms with Crippen LogP contribution in [0, 0.1) is 17.6 Å². The van der Waals surface area contributed by atoms with Gasteiger partial charge in [0.25, 0.3) is 0 Å². The van der Waals surface area contributed by atoms with Crippen molar-refractivity contribution in [1.82, 2.24) is 0 Å². The number of piperidine rings is 1. The molecule has 2 aromatic carbocycles. The van der Waals surface area contributed by atoms with Crippen molar-refractivity contribution in [3.63, 3.8) is 0 Å². The molecule has 0 N–H and O–H groups in total. The van der Waals surface area contributed by atoms with Crippen LogP contribution in [0.25, 0.3) is 0 Å². The molecule has 3 nitrogen and oxygen atoms in total. The fraction of sp³-hybridized carbons (Fsp3) is 0.222. The number of benzene rings is 2. The van der Waals surface area contributed by atoms with Crippen molar-refractivity contribution in [2.24, 2.45) is 5.92 Å². The standard InChI is InChI=1S/C18H12BrCl2F2NO2/c19-10-5-13(20)17(14(21)6-10)24-8-9(1-4-16(24)25)18(26)12-3-2-11(22)7-15(12)23/h2-3,5-7,9H,1,4,8H2. The van der Waals surface area contributed by atoms with Crippen LogP contribution in [0.1, 0.15) is 23.2 Å². The average molecular weight is 463 g/mol. The van der Waals surface area contributed by atoms with Gasteiger partial charge >= 0.3 is 0 Å². The normalized spacial score (nSPS) is 17.5. The van der Waals surface area contributed by atoms with Crippen LogP contribution in [0.15, 0.2) is 34.8 Å². The smallest absolute Gasteiger partial charge is 0.227 e. The fourth-order valence-corrected chi connectivity index (χ4v) is 4.39. The number of carbonyl (C=O) groups is 2. The third-order valence-electron chi connectivity index (χ3n) is 4.23. The van der Waals surface area contributed by atoms with Gasteiger partial charge in [-0.25, -0.2) is 8.78 Å². The van der Waals surface area contributed by atoms with Crippen LogP contribution in [0.2, 0.25) is 10.0 Å². The lowest BCUT2D eigenvalue weighted by Gasteiger charge is -2.33. The number of anilines is 1. The van der Waals surface area contributed by atoms with Crippen LogP contribution < -0.4 is 4.90 Å². The summed E-state index contributed by atoms with van der Waals surface area (Å²) in [6.45, 7) is 0.0234. The van der Waals surface area contributed by atoms with Crippen molar-refractivity contribution in [2.45, 2.75) is 12.8 Å². The van der Waals surface area contributed by atoms with Crippen molar-refractivity contribution in [3.05, 3.63) is 62.0 Å². The Bertz CT molecular complexity index is 884. The number of nitrogens with zero attached hydrogens (tertiary/aromatic N) is 1. The van der Waals surface area contributed by atoms with Gasteiger partial charge in [-0.05, 0) is 30.7 Å². The minimum Gasteiger partial charge on any atom is -0.309 e. The Hall–Kier alpha value is -1.50. The molecule has 3 rings (SSSR count). The summed E-state index contributed by atoms with van der Waals surface area (Å²) in [5, 5.41) is 0.526. The monoisotopic (exact) mass is 461 g/mol. The molecule has 1 aliphatic rings. The topological polar surface area (TPSA) is 37.4 Å². The second-order valence-electron chi connectivity index (χ2n) is 5.95. The summed E-state index contributed by atoms with van der Waals surface area (Å²) in [5.74, 6) is -3.02. The summed E-state index contributed by atoms with van der Waals surface area (Å²) >= 11 is 15.7. The number of rotatable bonds is 3. The first-order chi connectivity index (χ1) is 12.3. The van der Waals surface area contributed by atoms with E-state index in [1.54, 1.807) is 12.1 Å². The highest BCUT2D eigenvalue weighted by Crippen LogP contribution is 2.39. The first kappa shape index (κ1) is 19.3. The van der Waals surface area contributed by atoms with Gasteiger partial charge in [0.2, 0.25) is 5.91 Å². The highest BCUT2D eigenvalue weighted by molar-refractivity contribution is 9.10. The average Bonchev–Trinajstić information content (AvgIpc) is 2.55. The third-order valence-corrected chi connectivity index (χ3v) is 5.26. The number of amides is 1. The molecule has 1 saturated heterocycles. The molecule has 0 saturated carbocycles. The van der Waals surface area contributed by atoms with Crippen LogP contribution in [-0.2, 0) is 4.79 Å². The van der Waals surface area contributed by atoms with Crippen LogP contribution in [-0.4, -0.2) is 18.2 Å². The molecule has 1 amide bonds. The molecule has 0 spiro atoms. The molecule has 0 aromatic heterocycles. The van der Waals surface area contributed by atoms with Crippen LogP contribution in [0.3, 0.4) is 0 Å². The van der Waals surface area contributed by atoms with Crippen molar-refractivity contribution in [1.29, 1.82) is 0 Å². The van der Waals surface area contributed by atoms with Crippen LogP contribution >= 0.6 is 39.1 Å². The molecule has 0 bridgehead atoms. The second-order valence-corrected chi connectivity index (χ2v) is 7.68. The number of ketones is 1. The predicted molar refractivity (Wildman–Crippen MR) is 99.9 cm³/mol. The summed E-state index contributed by atoms with van der Waals surface area (Å²) in [6.07, 6.45) is 0.374. The first-order valence-corrected chi connectivity index (χ1v) is 9.27. The van der Waals surface area contributed by atoms with E-state index in [-0.39, 0.29) is 40.9 Å². The molecule has 26 heavy (non-hydrogen) atoms. The number of hydrogen-bond acceptors (Lipinski definition) is 2. The van der Waals surface area contributed by atoms with Gasteiger partial charge in [0.1, 0.15) is 11.6 Å². The third kappa shape index (κ3) is 3.77. The predicted octanol–water partition coefficient (Wildman–Crippen LogP) is 5.66. The zero-order valence-electron chi connectivity index (χ0n) is 13.2. The molecule has 8 heteroatoms. The van der Waals surface area contributed by atoms with Gasteiger partial charge in [-0.1, -0.05) is 39.1 Å². The largest absolute Gasteiger partial charge is 0.309 e. The van der Waals surface area contributed by atoms with Gasteiger partial charge < -0.3 is 4.90 Å². The van der Waals surface area contributed by atoms with E-state index in [1.165, 1.54) is 4.90 Å². The fourth-order valence-electron chi connectivity index (χ4n) is 2.98. The van der Waals surface area contributed by atoms with Crippen molar-refractivity contribution >= 4 is 56.5 Å². The van der Waals surface area contributed by atoms with E-state index >= 15 is 0 Å². The highest BCUT2D eigenvalue weighted by Gasteiger charge is 2.34. The Kier molecular flexibility index (Phi) is 5.65. The van der Waals surface area contributed by atoms with Crippen LogP contribution in [0.4, 0.5) is 14.5 Å². The van der Waals surface area contributed by atoms with E-state index in [1.807, 2.05) is 0 Å². The number of halogens is 5. The number of carbonyl (C=O) groups excluding carboxylic acids is 2. The van der Waals surface area contributed by atoms with E-state index < -0.39 is 23.3 Å². The minimum atomic E-state index is -0.918. The lowest BCUT2D eigenvalue weighted by molar-refractivity contribution is -0.119. The van der Waals surface area contributed by atoms with E-state index in [4.69, 9.17) is 23.2 Å².